The summed E-state index contributed by atoms with van der Waals surface area (Å²) in [5.41, 5.74) is 0.493. The van der Waals surface area contributed by atoms with E-state index in [9.17, 15) is 19.2 Å². The van der Waals surface area contributed by atoms with Gasteiger partial charge in [0.1, 0.15) is 12.6 Å². The van der Waals surface area contributed by atoms with E-state index < -0.39 is 11.9 Å². The molecule has 4 amide bonds. The van der Waals surface area contributed by atoms with Gasteiger partial charge in [0.05, 0.1) is 18.4 Å². The van der Waals surface area contributed by atoms with Crippen LogP contribution in [0.5, 0.6) is 0 Å². The standard InChI is InChI=1S/C22H29N5O5S/c1-14(2)11-27(21(31)17-7-5-9-32-17)12-19(29)26-22-24-15(13-33-22)10-18(28)25-16-6-3-4-8-23-20(16)30/h5,7,9,13-14,16H,3-4,6,8,10-12H2,1-2H3,(H,23,30)(H,25,28)(H,24,26,29). The number of carbonyl (C=O) groups is 4. The average molecular weight is 476 g/mol. The number of aromatic nitrogens is 1. The lowest BCUT2D eigenvalue weighted by Crippen LogP contribution is -2.46. The summed E-state index contributed by atoms with van der Waals surface area (Å²) >= 11 is 1.19. The monoisotopic (exact) mass is 475 g/mol. The lowest BCUT2D eigenvalue weighted by molar-refractivity contribution is -0.128. The van der Waals surface area contributed by atoms with Crippen molar-refractivity contribution in [3.05, 3.63) is 35.2 Å². The van der Waals surface area contributed by atoms with Crippen molar-refractivity contribution in [2.45, 2.75) is 45.6 Å². The van der Waals surface area contributed by atoms with Gasteiger partial charge < -0.3 is 25.3 Å². The Morgan fingerprint density at radius 1 is 1.30 bits per heavy atom. The molecule has 3 heterocycles. The van der Waals surface area contributed by atoms with Crippen LogP contribution in [0.4, 0.5) is 5.13 Å². The van der Waals surface area contributed by atoms with Gasteiger partial charge in [0.25, 0.3) is 5.91 Å². The first kappa shape index (κ1) is 24.4. The highest BCUT2D eigenvalue weighted by Gasteiger charge is 2.24. The Morgan fingerprint density at radius 3 is 2.85 bits per heavy atom. The van der Waals surface area contributed by atoms with Gasteiger partial charge in [0, 0.05) is 18.5 Å². The quantitative estimate of drug-likeness (QED) is 0.506. The van der Waals surface area contributed by atoms with E-state index in [0.29, 0.717) is 30.3 Å². The van der Waals surface area contributed by atoms with Crippen LogP contribution in [-0.2, 0) is 20.8 Å². The molecule has 11 heteroatoms. The van der Waals surface area contributed by atoms with Crippen molar-refractivity contribution in [1.29, 1.82) is 0 Å². The second kappa shape index (κ2) is 11.6. The molecule has 2 aromatic heterocycles. The zero-order chi connectivity index (χ0) is 23.8. The second-order valence-electron chi connectivity index (χ2n) is 8.33. The minimum absolute atomic E-state index is 0.00655. The van der Waals surface area contributed by atoms with E-state index in [4.69, 9.17) is 4.42 Å². The molecule has 0 spiro atoms. The molecule has 10 nitrogen and oxygen atoms in total. The zero-order valence-electron chi connectivity index (χ0n) is 18.8. The maximum absolute atomic E-state index is 12.6. The van der Waals surface area contributed by atoms with Gasteiger partial charge in [-0.05, 0) is 37.3 Å². The fraction of sp³-hybridized carbons (Fsp3) is 0.500. The first-order chi connectivity index (χ1) is 15.8. The maximum Gasteiger partial charge on any atom is 0.290 e. The number of nitrogens with zero attached hydrogens (tertiary/aromatic N) is 2. The van der Waals surface area contributed by atoms with Crippen LogP contribution in [0.1, 0.15) is 49.4 Å². The molecule has 0 saturated carbocycles. The Kier molecular flexibility index (Phi) is 8.58. The van der Waals surface area contributed by atoms with Crippen LogP contribution >= 0.6 is 11.3 Å². The second-order valence-corrected chi connectivity index (χ2v) is 9.19. The minimum atomic E-state index is -0.531. The molecule has 2 aromatic rings. The number of hydrogen-bond donors (Lipinski definition) is 3. The third-order valence-corrected chi connectivity index (χ3v) is 5.76. The largest absolute Gasteiger partial charge is 0.459 e. The third-order valence-electron chi connectivity index (χ3n) is 4.95. The van der Waals surface area contributed by atoms with E-state index in [2.05, 4.69) is 20.9 Å². The number of amides is 4. The number of rotatable bonds is 9. The first-order valence-corrected chi connectivity index (χ1v) is 11.8. The Labute approximate surface area is 196 Å². The number of thiazole rings is 1. The summed E-state index contributed by atoms with van der Waals surface area (Å²) in [4.78, 5) is 55.2. The Morgan fingerprint density at radius 2 is 2.12 bits per heavy atom. The zero-order valence-corrected chi connectivity index (χ0v) is 19.6. The average Bonchev–Trinajstić information content (AvgIpc) is 3.39. The van der Waals surface area contributed by atoms with Crippen LogP contribution < -0.4 is 16.0 Å². The topological polar surface area (TPSA) is 134 Å². The SMILES string of the molecule is CC(C)CN(CC(=O)Nc1nc(CC(=O)NC2CCCCNC2=O)cs1)C(=O)c1ccco1. The van der Waals surface area contributed by atoms with E-state index >= 15 is 0 Å². The van der Waals surface area contributed by atoms with Crippen molar-refractivity contribution < 1.29 is 23.6 Å². The normalized spacial score (nSPS) is 16.1. The van der Waals surface area contributed by atoms with Crippen molar-refractivity contribution in [2.24, 2.45) is 5.92 Å². The van der Waals surface area contributed by atoms with Gasteiger partial charge in [-0.15, -0.1) is 11.3 Å². The molecule has 1 unspecified atom stereocenters. The third kappa shape index (κ3) is 7.41. The van der Waals surface area contributed by atoms with Gasteiger partial charge in [-0.1, -0.05) is 13.8 Å². The van der Waals surface area contributed by atoms with E-state index in [1.807, 2.05) is 13.8 Å². The highest BCUT2D eigenvalue weighted by Crippen LogP contribution is 2.17. The van der Waals surface area contributed by atoms with Gasteiger partial charge in [-0.25, -0.2) is 4.98 Å². The van der Waals surface area contributed by atoms with Crippen molar-refractivity contribution in [1.82, 2.24) is 20.5 Å². The van der Waals surface area contributed by atoms with E-state index in [-0.39, 0.29) is 42.4 Å². The lowest BCUT2D eigenvalue weighted by atomic mass is 10.1. The Bertz CT molecular complexity index is 972. The van der Waals surface area contributed by atoms with Crippen LogP contribution in [0.3, 0.4) is 0 Å². The summed E-state index contributed by atoms with van der Waals surface area (Å²) in [6, 6.07) is 2.65. The molecular weight excluding hydrogens is 446 g/mol. The molecule has 1 fully saturated rings. The Hall–Kier alpha value is -3.21. The Balaban J connectivity index is 1.53. The molecule has 3 rings (SSSR count). The predicted molar refractivity (Wildman–Crippen MR) is 123 cm³/mol. The summed E-state index contributed by atoms with van der Waals surface area (Å²) in [6.45, 7) is 4.78. The lowest BCUT2D eigenvalue weighted by Gasteiger charge is -2.22. The summed E-state index contributed by atoms with van der Waals surface area (Å²) in [7, 11) is 0. The number of anilines is 1. The molecule has 0 aliphatic carbocycles. The molecule has 0 bridgehead atoms. The molecule has 1 saturated heterocycles. The van der Waals surface area contributed by atoms with Gasteiger partial charge in [-0.3, -0.25) is 19.2 Å². The van der Waals surface area contributed by atoms with Crippen LogP contribution in [0, 0.1) is 5.92 Å². The fourth-order valence-electron chi connectivity index (χ4n) is 3.48. The highest BCUT2D eigenvalue weighted by atomic mass is 32.1. The van der Waals surface area contributed by atoms with E-state index in [1.165, 1.54) is 22.5 Å². The molecule has 0 radical (unpaired) electrons. The molecule has 33 heavy (non-hydrogen) atoms. The van der Waals surface area contributed by atoms with Gasteiger partial charge in [0.2, 0.25) is 17.7 Å². The van der Waals surface area contributed by atoms with Crippen molar-refractivity contribution in [2.75, 3.05) is 25.0 Å². The molecule has 3 N–H and O–H groups in total. The number of furan rings is 1. The van der Waals surface area contributed by atoms with Crippen LogP contribution in [0.2, 0.25) is 0 Å². The summed E-state index contributed by atoms with van der Waals surface area (Å²) in [6.07, 6.45) is 3.80. The minimum Gasteiger partial charge on any atom is -0.459 e. The molecule has 178 valence electrons. The molecule has 0 aromatic carbocycles. The van der Waals surface area contributed by atoms with Crippen molar-refractivity contribution in [3.63, 3.8) is 0 Å². The van der Waals surface area contributed by atoms with Gasteiger partial charge in [-0.2, -0.15) is 0 Å². The predicted octanol–water partition coefficient (Wildman–Crippen LogP) is 1.80. The fourth-order valence-corrected chi connectivity index (χ4v) is 4.21. The number of hydrogen-bond acceptors (Lipinski definition) is 7. The molecule has 1 aliphatic rings. The van der Waals surface area contributed by atoms with Crippen LogP contribution in [0.25, 0.3) is 0 Å². The summed E-state index contributed by atoms with van der Waals surface area (Å²) < 4.78 is 5.17. The summed E-state index contributed by atoms with van der Waals surface area (Å²) in [5.74, 6) is -0.876. The van der Waals surface area contributed by atoms with E-state index in [0.717, 1.165) is 12.8 Å². The molecule has 1 atom stereocenters. The number of nitrogens with one attached hydrogen (secondary N) is 3. The van der Waals surface area contributed by atoms with Gasteiger partial charge in [0.15, 0.2) is 10.9 Å². The maximum atomic E-state index is 12.6. The molecule has 1 aliphatic heterocycles. The van der Waals surface area contributed by atoms with Crippen LogP contribution in [0.15, 0.2) is 28.2 Å². The van der Waals surface area contributed by atoms with Crippen molar-refractivity contribution in [3.8, 4) is 0 Å². The van der Waals surface area contributed by atoms with Crippen molar-refractivity contribution >= 4 is 40.1 Å². The number of carbonyl (C=O) groups excluding carboxylic acids is 4. The van der Waals surface area contributed by atoms with E-state index in [1.54, 1.807) is 17.5 Å². The molecular formula is C22H29N5O5S. The van der Waals surface area contributed by atoms with Crippen LogP contribution in [-0.4, -0.2) is 59.2 Å². The highest BCUT2D eigenvalue weighted by molar-refractivity contribution is 7.13. The smallest absolute Gasteiger partial charge is 0.290 e. The first-order valence-electron chi connectivity index (χ1n) is 11.0. The summed E-state index contributed by atoms with van der Waals surface area (Å²) in [5, 5.41) is 10.2. The van der Waals surface area contributed by atoms with Gasteiger partial charge >= 0.3 is 0 Å².